The third-order valence-corrected chi connectivity index (χ3v) is 4.27. The zero-order valence-electron chi connectivity index (χ0n) is 12.6. The van der Waals surface area contributed by atoms with E-state index >= 15 is 0 Å². The van der Waals surface area contributed by atoms with Crippen LogP contribution in [0.3, 0.4) is 0 Å². The third-order valence-electron chi connectivity index (χ3n) is 3.31. The van der Waals surface area contributed by atoms with E-state index in [0.717, 1.165) is 29.1 Å². The SMILES string of the molecule is CCCc1nc(COc2cc(F)ccc2C(C)NC)cs1. The molecule has 3 nitrogen and oxygen atoms in total. The molecule has 0 saturated carbocycles. The topological polar surface area (TPSA) is 34.1 Å². The molecule has 0 saturated heterocycles. The largest absolute Gasteiger partial charge is 0.487 e. The number of hydrogen-bond donors (Lipinski definition) is 1. The highest BCUT2D eigenvalue weighted by molar-refractivity contribution is 7.09. The zero-order valence-corrected chi connectivity index (χ0v) is 13.5. The molecule has 1 unspecified atom stereocenters. The summed E-state index contributed by atoms with van der Waals surface area (Å²) < 4.78 is 19.2. The molecule has 0 amide bonds. The second-order valence-electron chi connectivity index (χ2n) is 4.96. The lowest BCUT2D eigenvalue weighted by Gasteiger charge is -2.16. The Kier molecular flexibility index (Phi) is 5.70. The van der Waals surface area contributed by atoms with Gasteiger partial charge in [-0.15, -0.1) is 11.3 Å². The Bertz CT molecular complexity index is 585. The zero-order chi connectivity index (χ0) is 15.2. The minimum absolute atomic E-state index is 0.103. The molecule has 1 atom stereocenters. The van der Waals surface area contributed by atoms with Gasteiger partial charge in [-0.05, 0) is 32.9 Å². The van der Waals surface area contributed by atoms with E-state index in [4.69, 9.17) is 4.74 Å². The standard InChI is InChI=1S/C16H21FN2OS/c1-4-5-16-19-13(10-21-16)9-20-15-8-12(17)6-7-14(15)11(2)18-3/h6-8,10-11,18H,4-5,9H2,1-3H3. The lowest BCUT2D eigenvalue weighted by Crippen LogP contribution is -2.14. The summed E-state index contributed by atoms with van der Waals surface area (Å²) in [7, 11) is 1.87. The van der Waals surface area contributed by atoms with E-state index in [9.17, 15) is 4.39 Å². The van der Waals surface area contributed by atoms with Crippen molar-refractivity contribution in [1.82, 2.24) is 10.3 Å². The smallest absolute Gasteiger partial charge is 0.131 e. The van der Waals surface area contributed by atoms with Crippen LogP contribution in [0.4, 0.5) is 4.39 Å². The summed E-state index contributed by atoms with van der Waals surface area (Å²) in [6, 6.07) is 4.75. The van der Waals surface area contributed by atoms with Crippen LogP contribution in [0.25, 0.3) is 0 Å². The second-order valence-corrected chi connectivity index (χ2v) is 5.91. The Labute approximate surface area is 129 Å². The molecule has 2 aromatic rings. The first-order valence-electron chi connectivity index (χ1n) is 7.16. The molecule has 1 aromatic heterocycles. The van der Waals surface area contributed by atoms with Crippen LogP contribution >= 0.6 is 11.3 Å². The van der Waals surface area contributed by atoms with Gasteiger partial charge in [0.15, 0.2) is 0 Å². The fourth-order valence-electron chi connectivity index (χ4n) is 2.04. The molecular formula is C16H21FN2OS. The lowest BCUT2D eigenvalue weighted by atomic mass is 10.1. The Morgan fingerprint density at radius 2 is 2.24 bits per heavy atom. The molecule has 0 aliphatic rings. The molecule has 0 aliphatic carbocycles. The molecule has 1 N–H and O–H groups in total. The van der Waals surface area contributed by atoms with Crippen molar-refractivity contribution in [2.75, 3.05) is 7.05 Å². The van der Waals surface area contributed by atoms with Gasteiger partial charge < -0.3 is 10.1 Å². The predicted molar refractivity (Wildman–Crippen MR) is 84.3 cm³/mol. The molecule has 0 spiro atoms. The van der Waals surface area contributed by atoms with Gasteiger partial charge in [-0.25, -0.2) is 9.37 Å². The van der Waals surface area contributed by atoms with Gasteiger partial charge in [0.05, 0.1) is 10.7 Å². The number of benzene rings is 1. The Balaban J connectivity index is 2.09. The maximum atomic E-state index is 13.4. The summed E-state index contributed by atoms with van der Waals surface area (Å²) in [5.74, 6) is 0.281. The first kappa shape index (κ1) is 15.9. The number of thiazole rings is 1. The summed E-state index contributed by atoms with van der Waals surface area (Å²) >= 11 is 1.65. The quantitative estimate of drug-likeness (QED) is 0.836. The predicted octanol–water partition coefficient (Wildman–Crippen LogP) is 4.09. The van der Waals surface area contributed by atoms with E-state index in [-0.39, 0.29) is 11.9 Å². The Hall–Kier alpha value is -1.46. The van der Waals surface area contributed by atoms with Crippen molar-refractivity contribution in [3.05, 3.63) is 45.7 Å². The molecule has 21 heavy (non-hydrogen) atoms. The van der Waals surface area contributed by atoms with Gasteiger partial charge in [0.1, 0.15) is 18.2 Å². The average molecular weight is 308 g/mol. The molecule has 0 bridgehead atoms. The van der Waals surface area contributed by atoms with Crippen LogP contribution in [0.15, 0.2) is 23.6 Å². The highest BCUT2D eigenvalue weighted by Gasteiger charge is 2.12. The molecular weight excluding hydrogens is 287 g/mol. The number of rotatable bonds is 7. The summed E-state index contributed by atoms with van der Waals surface area (Å²) in [4.78, 5) is 4.52. The number of aromatic nitrogens is 1. The van der Waals surface area contributed by atoms with Gasteiger partial charge in [0.25, 0.3) is 0 Å². The molecule has 1 heterocycles. The molecule has 0 fully saturated rings. The van der Waals surface area contributed by atoms with Crippen LogP contribution in [0, 0.1) is 5.82 Å². The number of nitrogens with one attached hydrogen (secondary N) is 1. The molecule has 0 radical (unpaired) electrons. The monoisotopic (exact) mass is 308 g/mol. The van der Waals surface area contributed by atoms with Gasteiger partial charge in [-0.3, -0.25) is 0 Å². The van der Waals surface area contributed by atoms with Crippen LogP contribution in [0.2, 0.25) is 0 Å². The van der Waals surface area contributed by atoms with E-state index in [0.29, 0.717) is 12.4 Å². The van der Waals surface area contributed by atoms with Crippen molar-refractivity contribution >= 4 is 11.3 Å². The molecule has 5 heteroatoms. The summed E-state index contributed by atoms with van der Waals surface area (Å²) in [5.41, 5.74) is 1.85. The Morgan fingerprint density at radius 3 is 2.95 bits per heavy atom. The fraction of sp³-hybridized carbons (Fsp3) is 0.438. The summed E-state index contributed by atoms with van der Waals surface area (Å²) in [6.07, 6.45) is 2.08. The van der Waals surface area contributed by atoms with Gasteiger partial charge in [-0.2, -0.15) is 0 Å². The normalized spacial score (nSPS) is 12.4. The number of aryl methyl sites for hydroxylation is 1. The molecule has 114 valence electrons. The van der Waals surface area contributed by atoms with Crippen LogP contribution in [-0.2, 0) is 13.0 Å². The first-order valence-corrected chi connectivity index (χ1v) is 8.04. The highest BCUT2D eigenvalue weighted by atomic mass is 32.1. The minimum atomic E-state index is -0.290. The van der Waals surface area contributed by atoms with Gasteiger partial charge in [0.2, 0.25) is 0 Å². The average Bonchev–Trinajstić information content (AvgIpc) is 2.92. The maximum Gasteiger partial charge on any atom is 0.131 e. The van der Waals surface area contributed by atoms with E-state index < -0.39 is 0 Å². The van der Waals surface area contributed by atoms with E-state index in [2.05, 4.69) is 17.2 Å². The van der Waals surface area contributed by atoms with Gasteiger partial charge >= 0.3 is 0 Å². The maximum absolute atomic E-state index is 13.4. The van der Waals surface area contributed by atoms with Gasteiger partial charge in [-0.1, -0.05) is 13.0 Å². The van der Waals surface area contributed by atoms with Crippen molar-refractivity contribution in [3.63, 3.8) is 0 Å². The number of ether oxygens (including phenoxy) is 1. The van der Waals surface area contributed by atoms with Crippen molar-refractivity contribution in [1.29, 1.82) is 0 Å². The minimum Gasteiger partial charge on any atom is -0.487 e. The number of hydrogen-bond acceptors (Lipinski definition) is 4. The first-order chi connectivity index (χ1) is 10.1. The van der Waals surface area contributed by atoms with Crippen molar-refractivity contribution in [2.45, 2.75) is 39.3 Å². The van der Waals surface area contributed by atoms with Crippen LogP contribution in [0.1, 0.15) is 42.6 Å². The molecule has 2 rings (SSSR count). The van der Waals surface area contributed by atoms with Crippen molar-refractivity contribution in [2.24, 2.45) is 0 Å². The Morgan fingerprint density at radius 1 is 1.43 bits per heavy atom. The van der Waals surface area contributed by atoms with Crippen LogP contribution < -0.4 is 10.1 Å². The molecule has 1 aromatic carbocycles. The molecule has 0 aliphatic heterocycles. The fourth-order valence-corrected chi connectivity index (χ4v) is 2.93. The number of nitrogens with zero attached hydrogens (tertiary/aromatic N) is 1. The summed E-state index contributed by atoms with van der Waals surface area (Å²) in [6.45, 7) is 4.52. The van der Waals surface area contributed by atoms with Gasteiger partial charge in [0, 0.05) is 23.1 Å². The van der Waals surface area contributed by atoms with Crippen LogP contribution in [0.5, 0.6) is 5.75 Å². The second kappa shape index (κ2) is 7.52. The van der Waals surface area contributed by atoms with E-state index in [1.165, 1.54) is 12.1 Å². The van der Waals surface area contributed by atoms with Crippen molar-refractivity contribution in [3.8, 4) is 5.75 Å². The van der Waals surface area contributed by atoms with Crippen molar-refractivity contribution < 1.29 is 9.13 Å². The third kappa shape index (κ3) is 4.25. The van der Waals surface area contributed by atoms with E-state index in [1.807, 2.05) is 19.4 Å². The van der Waals surface area contributed by atoms with Crippen LogP contribution in [-0.4, -0.2) is 12.0 Å². The van der Waals surface area contributed by atoms with E-state index in [1.54, 1.807) is 17.4 Å². The highest BCUT2D eigenvalue weighted by Crippen LogP contribution is 2.27. The number of halogens is 1. The lowest BCUT2D eigenvalue weighted by molar-refractivity contribution is 0.294. The summed E-state index contributed by atoms with van der Waals surface area (Å²) in [5, 5.41) is 6.27.